The second-order valence-corrected chi connectivity index (χ2v) is 6.93. The highest BCUT2D eigenvalue weighted by Gasteiger charge is 2.46. The van der Waals surface area contributed by atoms with Gasteiger partial charge in [-0.25, -0.2) is 13.2 Å². The highest BCUT2D eigenvalue weighted by atomic mass is 32.2. The molecule has 0 amide bonds. The lowest BCUT2D eigenvalue weighted by atomic mass is 9.99. The van der Waals surface area contributed by atoms with Crippen LogP contribution in [0.3, 0.4) is 0 Å². The number of sulfone groups is 1. The third kappa shape index (κ3) is 1.84. The van der Waals surface area contributed by atoms with Crippen molar-refractivity contribution >= 4 is 15.8 Å². The van der Waals surface area contributed by atoms with E-state index in [9.17, 15) is 13.2 Å². The van der Waals surface area contributed by atoms with Crippen LogP contribution in [0.25, 0.3) is 0 Å². The van der Waals surface area contributed by atoms with Gasteiger partial charge in [-0.3, -0.25) is 0 Å². The molecule has 1 aromatic rings. The maximum atomic E-state index is 12.0. The molecule has 0 aromatic carbocycles. The van der Waals surface area contributed by atoms with Crippen molar-refractivity contribution in [2.75, 3.05) is 5.75 Å². The molecule has 2 heterocycles. The molecule has 1 aromatic heterocycles. The number of aromatic nitrogens is 1. The molecule has 1 fully saturated rings. The summed E-state index contributed by atoms with van der Waals surface area (Å²) in [5.74, 6) is -1.00. The van der Waals surface area contributed by atoms with E-state index in [1.54, 1.807) is 6.92 Å². The Balaban J connectivity index is 2.46. The molecular weight excluding hydrogens is 246 g/mol. The Morgan fingerprint density at radius 2 is 2.24 bits per heavy atom. The van der Waals surface area contributed by atoms with Crippen LogP contribution < -0.4 is 0 Å². The Morgan fingerprint density at radius 3 is 2.76 bits per heavy atom. The van der Waals surface area contributed by atoms with Crippen molar-refractivity contribution in [3.05, 3.63) is 17.5 Å². The lowest BCUT2D eigenvalue weighted by Gasteiger charge is -2.30. The number of carboxylic acids is 1. The van der Waals surface area contributed by atoms with Crippen LogP contribution >= 0.6 is 0 Å². The van der Waals surface area contributed by atoms with Crippen molar-refractivity contribution in [2.24, 2.45) is 0 Å². The van der Waals surface area contributed by atoms with Gasteiger partial charge in [0.25, 0.3) is 0 Å². The fourth-order valence-corrected chi connectivity index (χ4v) is 3.93. The smallest absolute Gasteiger partial charge is 0.358 e. The van der Waals surface area contributed by atoms with Crippen LogP contribution in [0.5, 0.6) is 0 Å². The molecule has 1 unspecified atom stereocenters. The summed E-state index contributed by atoms with van der Waals surface area (Å²) in [6, 6.07) is 1.20. The van der Waals surface area contributed by atoms with Gasteiger partial charge in [0.2, 0.25) is 0 Å². The fourth-order valence-electron chi connectivity index (χ4n) is 2.04. The van der Waals surface area contributed by atoms with Gasteiger partial charge in [-0.15, -0.1) is 0 Å². The van der Waals surface area contributed by atoms with E-state index in [1.807, 2.05) is 0 Å². The highest BCUT2D eigenvalue weighted by molar-refractivity contribution is 7.92. The molecule has 0 aliphatic carbocycles. The summed E-state index contributed by atoms with van der Waals surface area (Å²) in [6.07, 6.45) is 1.85. The first-order chi connectivity index (χ1) is 7.87. The summed E-state index contributed by atoms with van der Waals surface area (Å²) in [6.45, 7) is 1.56. The van der Waals surface area contributed by atoms with Gasteiger partial charge >= 0.3 is 5.97 Å². The molecule has 1 saturated heterocycles. The van der Waals surface area contributed by atoms with Gasteiger partial charge in [0.15, 0.2) is 21.3 Å². The van der Waals surface area contributed by atoms with E-state index in [2.05, 4.69) is 5.16 Å². The molecule has 1 N–H and O–H groups in total. The second kappa shape index (κ2) is 3.83. The average molecular weight is 259 g/mol. The number of hydrogen-bond acceptors (Lipinski definition) is 5. The summed E-state index contributed by atoms with van der Waals surface area (Å²) in [5, 5.41) is 12.1. The molecule has 0 radical (unpaired) electrons. The lowest BCUT2D eigenvalue weighted by Crippen LogP contribution is -2.37. The zero-order valence-electron chi connectivity index (χ0n) is 9.34. The quantitative estimate of drug-likeness (QED) is 0.856. The third-order valence-corrected chi connectivity index (χ3v) is 5.86. The predicted molar refractivity (Wildman–Crippen MR) is 58.5 cm³/mol. The second-order valence-electron chi connectivity index (χ2n) is 4.39. The highest BCUT2D eigenvalue weighted by Crippen LogP contribution is 2.39. The first-order valence-electron chi connectivity index (χ1n) is 5.30. The van der Waals surface area contributed by atoms with Gasteiger partial charge < -0.3 is 9.63 Å². The molecule has 1 aliphatic rings. The molecule has 17 heavy (non-hydrogen) atoms. The van der Waals surface area contributed by atoms with Gasteiger partial charge in [0, 0.05) is 6.07 Å². The molecule has 0 spiro atoms. The molecular formula is C10H13NO5S. The van der Waals surface area contributed by atoms with Crippen molar-refractivity contribution in [1.82, 2.24) is 5.16 Å². The lowest BCUT2D eigenvalue weighted by molar-refractivity contribution is 0.0685. The third-order valence-electron chi connectivity index (χ3n) is 3.25. The minimum atomic E-state index is -3.32. The van der Waals surface area contributed by atoms with E-state index in [4.69, 9.17) is 9.63 Å². The topological polar surface area (TPSA) is 97.5 Å². The summed E-state index contributed by atoms with van der Waals surface area (Å²) in [4.78, 5) is 10.7. The number of carboxylic acid groups (broad SMARTS) is 1. The molecule has 2 rings (SSSR count). The number of hydrogen-bond donors (Lipinski definition) is 1. The van der Waals surface area contributed by atoms with E-state index in [0.29, 0.717) is 12.8 Å². The fraction of sp³-hybridized carbons (Fsp3) is 0.600. The standard InChI is InChI=1S/C10H13NO5S/c1-10(4-2-3-5-17(10,14)15)8-6-7(9(12)13)11-16-8/h6H,2-5H2,1H3,(H,12,13). The van der Waals surface area contributed by atoms with Crippen LogP contribution in [0.1, 0.15) is 42.4 Å². The maximum absolute atomic E-state index is 12.0. The van der Waals surface area contributed by atoms with Gasteiger partial charge in [-0.05, 0) is 19.8 Å². The Kier molecular flexibility index (Phi) is 2.73. The van der Waals surface area contributed by atoms with Crippen LogP contribution in [0.2, 0.25) is 0 Å². The summed E-state index contributed by atoms with van der Waals surface area (Å²) in [7, 11) is -3.32. The van der Waals surface area contributed by atoms with E-state index in [1.165, 1.54) is 6.07 Å². The molecule has 0 bridgehead atoms. The Hall–Kier alpha value is -1.37. The van der Waals surface area contributed by atoms with E-state index in [0.717, 1.165) is 6.42 Å². The molecule has 6 nitrogen and oxygen atoms in total. The molecule has 1 atom stereocenters. The molecule has 94 valence electrons. The van der Waals surface area contributed by atoms with E-state index < -0.39 is 20.6 Å². The van der Waals surface area contributed by atoms with Crippen LogP contribution in [-0.4, -0.2) is 30.4 Å². The monoisotopic (exact) mass is 259 g/mol. The first-order valence-corrected chi connectivity index (χ1v) is 6.95. The van der Waals surface area contributed by atoms with Gasteiger partial charge in [-0.2, -0.15) is 0 Å². The van der Waals surface area contributed by atoms with E-state index in [-0.39, 0.29) is 17.2 Å². The summed E-state index contributed by atoms with van der Waals surface area (Å²) in [5.41, 5.74) is -0.262. The van der Waals surface area contributed by atoms with E-state index >= 15 is 0 Å². The zero-order chi connectivity index (χ0) is 12.7. The van der Waals surface area contributed by atoms with Crippen LogP contribution in [0, 0.1) is 0 Å². The molecule has 1 aliphatic heterocycles. The number of nitrogens with zero attached hydrogens (tertiary/aromatic N) is 1. The zero-order valence-corrected chi connectivity index (χ0v) is 10.2. The largest absolute Gasteiger partial charge is 0.476 e. The summed E-state index contributed by atoms with van der Waals surface area (Å²) < 4.78 is 27.8. The van der Waals surface area contributed by atoms with Crippen LogP contribution in [0.4, 0.5) is 0 Å². The SMILES string of the molecule is CC1(c2cc(C(=O)O)no2)CCCCS1(=O)=O. The first kappa shape index (κ1) is 12.1. The number of carbonyl (C=O) groups is 1. The molecule has 7 heteroatoms. The Labute approximate surface area is 98.5 Å². The minimum Gasteiger partial charge on any atom is -0.476 e. The summed E-state index contributed by atoms with van der Waals surface area (Å²) >= 11 is 0. The van der Waals surface area contributed by atoms with Crippen LogP contribution in [0.15, 0.2) is 10.6 Å². The number of rotatable bonds is 2. The predicted octanol–water partition coefficient (Wildman–Crippen LogP) is 1.19. The van der Waals surface area contributed by atoms with Gasteiger partial charge in [0.1, 0.15) is 4.75 Å². The minimum absolute atomic E-state index is 0.104. The van der Waals surface area contributed by atoms with Gasteiger partial charge in [0.05, 0.1) is 5.75 Å². The van der Waals surface area contributed by atoms with Gasteiger partial charge in [-0.1, -0.05) is 11.6 Å². The normalized spacial score (nSPS) is 27.8. The van der Waals surface area contributed by atoms with Crippen molar-refractivity contribution < 1.29 is 22.8 Å². The van der Waals surface area contributed by atoms with Crippen molar-refractivity contribution in [1.29, 1.82) is 0 Å². The Morgan fingerprint density at radius 1 is 1.53 bits per heavy atom. The Bertz CT molecular complexity index is 547. The number of aromatic carboxylic acids is 1. The average Bonchev–Trinajstić information content (AvgIpc) is 2.72. The molecule has 0 saturated carbocycles. The van der Waals surface area contributed by atoms with Crippen molar-refractivity contribution in [3.63, 3.8) is 0 Å². The maximum Gasteiger partial charge on any atom is 0.358 e. The van der Waals surface area contributed by atoms with Crippen molar-refractivity contribution in [2.45, 2.75) is 30.9 Å². The van der Waals surface area contributed by atoms with Crippen molar-refractivity contribution in [3.8, 4) is 0 Å². The van der Waals surface area contributed by atoms with Crippen LogP contribution in [-0.2, 0) is 14.6 Å².